The Labute approximate surface area is 183 Å². The first-order valence-corrected chi connectivity index (χ1v) is 11.7. The van der Waals surface area contributed by atoms with Crippen molar-refractivity contribution in [3.05, 3.63) is 41.7 Å². The molecule has 2 fully saturated rings. The number of aromatic nitrogens is 2. The molecule has 2 aromatic rings. The van der Waals surface area contributed by atoms with Crippen molar-refractivity contribution < 1.29 is 26.7 Å². The van der Waals surface area contributed by atoms with Crippen LogP contribution in [0.4, 0.5) is 25.2 Å². The monoisotopic (exact) mass is 467 g/mol. The largest absolute Gasteiger partial charge is 0.446 e. The maximum atomic E-state index is 14.2. The smallest absolute Gasteiger partial charge is 0.407 e. The summed E-state index contributed by atoms with van der Waals surface area (Å²) in [5.41, 5.74) is 0.0976. The van der Waals surface area contributed by atoms with Crippen LogP contribution in [-0.4, -0.2) is 36.1 Å². The fourth-order valence-corrected chi connectivity index (χ4v) is 4.18. The van der Waals surface area contributed by atoms with Gasteiger partial charge < -0.3 is 15.4 Å². The number of sulfonamides is 1. The third-order valence-electron chi connectivity index (χ3n) is 5.79. The maximum absolute atomic E-state index is 14.2. The van der Waals surface area contributed by atoms with Gasteiger partial charge in [-0.1, -0.05) is 0 Å². The quantitative estimate of drug-likeness (QED) is 0.594. The van der Waals surface area contributed by atoms with Crippen molar-refractivity contribution in [2.24, 2.45) is 5.14 Å². The molecule has 0 bridgehead atoms. The van der Waals surface area contributed by atoms with Crippen LogP contribution in [0.5, 0.6) is 0 Å². The summed E-state index contributed by atoms with van der Waals surface area (Å²) in [5.74, 6) is -2.25. The summed E-state index contributed by atoms with van der Waals surface area (Å²) in [7, 11) is -4.25. The van der Waals surface area contributed by atoms with E-state index in [1.54, 1.807) is 12.4 Å². The van der Waals surface area contributed by atoms with E-state index in [4.69, 9.17) is 9.88 Å². The molecule has 0 spiro atoms. The number of amides is 1. The van der Waals surface area contributed by atoms with E-state index in [9.17, 15) is 22.0 Å². The number of ether oxygens (including phenoxy) is 1. The number of carbonyl (C=O) groups excluding carboxylic acids is 1. The van der Waals surface area contributed by atoms with Crippen molar-refractivity contribution >= 4 is 27.8 Å². The molecule has 0 aliphatic heterocycles. The fraction of sp³-hybridized carbons (Fsp3) is 0.450. The number of nitrogens with one attached hydrogen (secondary N) is 2. The number of hydrogen-bond acceptors (Lipinski definition) is 7. The number of benzene rings is 1. The molecule has 4 N–H and O–H groups in total. The lowest BCUT2D eigenvalue weighted by molar-refractivity contribution is 0.0967. The molecular formula is C20H23F2N5O4S. The molecule has 0 unspecified atom stereocenters. The molecule has 0 saturated heterocycles. The van der Waals surface area contributed by atoms with E-state index >= 15 is 0 Å². The van der Waals surface area contributed by atoms with Crippen LogP contribution in [0.25, 0.3) is 0 Å². The normalized spacial score (nSPS) is 21.8. The second-order valence-corrected chi connectivity index (χ2v) is 10.1. The van der Waals surface area contributed by atoms with Crippen LogP contribution >= 0.6 is 0 Å². The molecule has 1 aromatic heterocycles. The van der Waals surface area contributed by atoms with Crippen molar-refractivity contribution in [1.29, 1.82) is 0 Å². The third kappa shape index (κ3) is 5.13. The summed E-state index contributed by atoms with van der Waals surface area (Å²) < 4.78 is 56.4. The van der Waals surface area contributed by atoms with Gasteiger partial charge in [0.25, 0.3) is 0 Å². The Hall–Kier alpha value is -2.86. The van der Waals surface area contributed by atoms with Crippen LogP contribution in [0, 0.1) is 11.6 Å². The van der Waals surface area contributed by atoms with Gasteiger partial charge in [-0.2, -0.15) is 0 Å². The summed E-state index contributed by atoms with van der Waals surface area (Å²) in [6, 6.07) is 1.24. The van der Waals surface area contributed by atoms with Crippen LogP contribution in [0.1, 0.15) is 50.5 Å². The average Bonchev–Trinajstić information content (AvgIpc) is 3.24. The molecule has 1 aromatic carbocycles. The lowest BCUT2D eigenvalue weighted by Gasteiger charge is -2.16. The molecule has 2 saturated carbocycles. The average molecular weight is 467 g/mol. The molecule has 1 amide bonds. The first-order valence-electron chi connectivity index (χ1n) is 10.1. The van der Waals surface area contributed by atoms with Gasteiger partial charge in [-0.3, -0.25) is 0 Å². The Balaban J connectivity index is 1.37. The number of primary sulfonamides is 1. The Bertz CT molecular complexity index is 1120. The number of halogens is 2. The Morgan fingerprint density at radius 1 is 1.19 bits per heavy atom. The predicted molar refractivity (Wildman–Crippen MR) is 111 cm³/mol. The zero-order valence-corrected chi connectivity index (χ0v) is 18.1. The first kappa shape index (κ1) is 22.3. The number of alkyl carbamates (subject to hydrolysis) is 1. The molecule has 2 aliphatic carbocycles. The highest BCUT2D eigenvalue weighted by Gasteiger charge is 2.40. The van der Waals surface area contributed by atoms with E-state index in [-0.39, 0.29) is 23.5 Å². The van der Waals surface area contributed by atoms with Gasteiger partial charge in [0.05, 0.1) is 4.90 Å². The van der Waals surface area contributed by atoms with Crippen molar-refractivity contribution in [2.45, 2.75) is 61.5 Å². The van der Waals surface area contributed by atoms with Gasteiger partial charge in [0.1, 0.15) is 11.8 Å². The van der Waals surface area contributed by atoms with E-state index < -0.39 is 38.3 Å². The molecule has 12 heteroatoms. The van der Waals surface area contributed by atoms with Gasteiger partial charge >= 0.3 is 6.09 Å². The van der Waals surface area contributed by atoms with Gasteiger partial charge in [-0.15, -0.1) is 0 Å². The van der Waals surface area contributed by atoms with Gasteiger partial charge in [0.2, 0.25) is 16.0 Å². The second-order valence-electron chi connectivity index (χ2n) is 8.49. The topological polar surface area (TPSA) is 136 Å². The molecule has 4 rings (SSSR count). The number of anilines is 2. The van der Waals surface area contributed by atoms with Gasteiger partial charge in [-0.05, 0) is 62.6 Å². The summed E-state index contributed by atoms with van der Waals surface area (Å²) in [4.78, 5) is 19.5. The standard InChI is InChI=1S/C20H23F2N5O4S/c1-20(4-5-20)27-19(28)31-13-3-2-11(6-13)12-9-24-18(25-10-12)26-17-15(21)7-14(8-16(17)22)32(23,29)30/h7-11,13H,2-6H2,1H3,(H,27,28)(H2,23,29,30)(H,24,25,26)/t11-,13+/m0/s1. The zero-order chi connectivity index (χ0) is 23.1. The molecule has 172 valence electrons. The summed E-state index contributed by atoms with van der Waals surface area (Å²) >= 11 is 0. The van der Waals surface area contributed by atoms with Crippen LogP contribution in [0.15, 0.2) is 29.4 Å². The molecular weight excluding hydrogens is 444 g/mol. The van der Waals surface area contributed by atoms with Gasteiger partial charge in [0, 0.05) is 17.9 Å². The maximum Gasteiger partial charge on any atom is 0.407 e. The molecule has 9 nitrogen and oxygen atoms in total. The fourth-order valence-electron chi connectivity index (χ4n) is 3.65. The van der Waals surface area contributed by atoms with E-state index in [1.165, 1.54) is 0 Å². The molecule has 2 atom stereocenters. The van der Waals surface area contributed by atoms with E-state index in [0.717, 1.165) is 31.2 Å². The summed E-state index contributed by atoms with van der Waals surface area (Å²) in [6.07, 6.45) is 6.56. The Morgan fingerprint density at radius 2 is 1.81 bits per heavy atom. The van der Waals surface area contributed by atoms with Crippen molar-refractivity contribution in [3.63, 3.8) is 0 Å². The lowest BCUT2D eigenvalue weighted by atomic mass is 10.0. The van der Waals surface area contributed by atoms with Crippen LogP contribution in [0.2, 0.25) is 0 Å². The zero-order valence-electron chi connectivity index (χ0n) is 17.3. The number of carbonyl (C=O) groups is 1. The highest BCUT2D eigenvalue weighted by molar-refractivity contribution is 7.89. The van der Waals surface area contributed by atoms with Crippen molar-refractivity contribution in [3.8, 4) is 0 Å². The Kier molecular flexibility index (Phi) is 5.76. The minimum Gasteiger partial charge on any atom is -0.446 e. The second kappa shape index (κ2) is 8.24. The number of hydrogen-bond donors (Lipinski definition) is 3. The highest BCUT2D eigenvalue weighted by Crippen LogP contribution is 2.37. The van der Waals surface area contributed by atoms with Crippen LogP contribution < -0.4 is 15.8 Å². The summed E-state index contributed by atoms with van der Waals surface area (Å²) in [5, 5.41) is 10.2. The molecule has 32 heavy (non-hydrogen) atoms. The van der Waals surface area contributed by atoms with Crippen molar-refractivity contribution in [2.75, 3.05) is 5.32 Å². The SMILES string of the molecule is CC1(NC(=O)O[C@@H]2CC[C@H](c3cnc(Nc4c(F)cc(S(N)(=O)=O)cc4F)nc3)C2)CC1. The number of rotatable bonds is 6. The van der Waals surface area contributed by atoms with E-state index in [1.807, 2.05) is 6.92 Å². The summed E-state index contributed by atoms with van der Waals surface area (Å²) in [6.45, 7) is 1.98. The van der Waals surface area contributed by atoms with Crippen molar-refractivity contribution in [1.82, 2.24) is 15.3 Å². The van der Waals surface area contributed by atoms with Crippen LogP contribution in [0.3, 0.4) is 0 Å². The number of nitrogens with zero attached hydrogens (tertiary/aromatic N) is 2. The lowest BCUT2D eigenvalue weighted by Crippen LogP contribution is -2.36. The molecule has 1 heterocycles. The Morgan fingerprint density at radius 3 is 2.38 bits per heavy atom. The predicted octanol–water partition coefficient (Wildman–Crippen LogP) is 3.06. The number of nitrogens with two attached hydrogens (primary N) is 1. The highest BCUT2D eigenvalue weighted by atomic mass is 32.2. The van der Waals surface area contributed by atoms with Gasteiger partial charge in [0.15, 0.2) is 11.6 Å². The third-order valence-corrected chi connectivity index (χ3v) is 6.68. The molecule has 0 radical (unpaired) electrons. The van der Waals surface area contributed by atoms with E-state index in [0.29, 0.717) is 18.6 Å². The molecule has 2 aliphatic rings. The first-order chi connectivity index (χ1) is 15.0. The van der Waals surface area contributed by atoms with E-state index in [2.05, 4.69) is 20.6 Å². The minimum atomic E-state index is -4.25. The van der Waals surface area contributed by atoms with Crippen LogP contribution in [-0.2, 0) is 14.8 Å². The van der Waals surface area contributed by atoms with Gasteiger partial charge in [-0.25, -0.2) is 37.1 Å². The minimum absolute atomic E-state index is 0.0576.